The lowest BCUT2D eigenvalue weighted by Crippen LogP contribution is -2.19. The minimum Gasteiger partial charge on any atom is -0.486 e. The third kappa shape index (κ3) is 3.47. The number of aryl methyl sites for hydroxylation is 1. The number of nitrogens with one attached hydrogen (secondary N) is 1. The van der Waals surface area contributed by atoms with E-state index in [1.54, 1.807) is 0 Å². The van der Waals surface area contributed by atoms with Gasteiger partial charge in [-0.15, -0.1) is 0 Å². The van der Waals surface area contributed by atoms with Crippen molar-refractivity contribution in [1.82, 2.24) is 14.9 Å². The van der Waals surface area contributed by atoms with Crippen LogP contribution in [0.1, 0.15) is 11.4 Å². The summed E-state index contributed by atoms with van der Waals surface area (Å²) in [4.78, 5) is 4.65. The highest BCUT2D eigenvalue weighted by molar-refractivity contribution is 6.32. The van der Waals surface area contributed by atoms with E-state index in [9.17, 15) is 0 Å². The quantitative estimate of drug-likeness (QED) is 0.668. The summed E-state index contributed by atoms with van der Waals surface area (Å²) in [5.41, 5.74) is 3.10. The number of fused-ring (bicyclic) bond motifs is 2. The van der Waals surface area contributed by atoms with Gasteiger partial charge in [0.25, 0.3) is 0 Å². The van der Waals surface area contributed by atoms with E-state index in [0.29, 0.717) is 30.5 Å². The summed E-state index contributed by atoms with van der Waals surface area (Å²) >= 11 is 12.4. The summed E-state index contributed by atoms with van der Waals surface area (Å²) in [6.07, 6.45) is 0.839. The third-order valence-electron chi connectivity index (χ3n) is 4.47. The van der Waals surface area contributed by atoms with E-state index in [1.807, 2.05) is 37.4 Å². The zero-order chi connectivity index (χ0) is 18.1. The van der Waals surface area contributed by atoms with Crippen molar-refractivity contribution in [1.29, 1.82) is 0 Å². The van der Waals surface area contributed by atoms with Gasteiger partial charge in [0.2, 0.25) is 0 Å². The lowest BCUT2D eigenvalue weighted by Gasteiger charge is -2.20. The zero-order valence-corrected chi connectivity index (χ0v) is 15.9. The molecule has 0 saturated carbocycles. The van der Waals surface area contributed by atoms with Gasteiger partial charge in [-0.2, -0.15) is 0 Å². The molecule has 0 radical (unpaired) electrons. The molecule has 0 fully saturated rings. The molecule has 3 aromatic rings. The van der Waals surface area contributed by atoms with E-state index >= 15 is 0 Å². The highest BCUT2D eigenvalue weighted by Crippen LogP contribution is 2.38. The number of imidazole rings is 1. The first kappa shape index (κ1) is 17.5. The molecule has 0 atom stereocenters. The summed E-state index contributed by atoms with van der Waals surface area (Å²) in [7, 11) is 2.00. The first-order valence-corrected chi connectivity index (χ1v) is 9.27. The minimum atomic E-state index is 0.539. The molecular formula is C19H19Cl2N3O2. The number of hydrogen-bond donors (Lipinski definition) is 1. The van der Waals surface area contributed by atoms with Crippen molar-refractivity contribution in [3.05, 3.63) is 51.8 Å². The summed E-state index contributed by atoms with van der Waals surface area (Å²) in [5.74, 6) is 2.35. The zero-order valence-electron chi connectivity index (χ0n) is 14.4. The Balaban J connectivity index is 1.38. The molecule has 1 aromatic heterocycles. The molecule has 4 rings (SSSR count). The second kappa shape index (κ2) is 7.35. The summed E-state index contributed by atoms with van der Waals surface area (Å²) in [6.45, 7) is 2.58. The van der Waals surface area contributed by atoms with Crippen molar-refractivity contribution < 1.29 is 9.47 Å². The summed E-state index contributed by atoms with van der Waals surface area (Å²) < 4.78 is 13.2. The monoisotopic (exact) mass is 391 g/mol. The fraction of sp³-hybridized carbons (Fsp3) is 0.316. The molecule has 1 N–H and O–H groups in total. The van der Waals surface area contributed by atoms with Crippen LogP contribution < -0.4 is 14.8 Å². The second-order valence-electron chi connectivity index (χ2n) is 6.25. The van der Waals surface area contributed by atoms with Gasteiger partial charge in [-0.25, -0.2) is 4.98 Å². The standard InChI is InChI=1S/C19H19Cl2N3O2/c1-24-16-10-13(20)2-3-15(16)23-18(24)11-22-5-4-12-8-14(21)19-17(9-12)25-6-7-26-19/h2-3,8-10,22H,4-7,11H2,1H3. The predicted octanol–water partition coefficient (Wildman–Crippen LogP) is 3.98. The Labute approximate surface area is 161 Å². The van der Waals surface area contributed by atoms with Gasteiger partial charge in [-0.3, -0.25) is 0 Å². The molecule has 5 nitrogen and oxygen atoms in total. The van der Waals surface area contributed by atoms with Gasteiger partial charge in [0.15, 0.2) is 11.5 Å². The minimum absolute atomic E-state index is 0.539. The maximum absolute atomic E-state index is 6.29. The van der Waals surface area contributed by atoms with Crippen LogP contribution in [0.3, 0.4) is 0 Å². The molecule has 0 bridgehead atoms. The Morgan fingerprint density at radius 3 is 2.88 bits per heavy atom. The molecule has 1 aliphatic rings. The Morgan fingerprint density at radius 2 is 2.00 bits per heavy atom. The Hall–Kier alpha value is -1.95. The average molecular weight is 392 g/mol. The predicted molar refractivity (Wildman–Crippen MR) is 104 cm³/mol. The molecule has 0 amide bonds. The van der Waals surface area contributed by atoms with Crippen LogP contribution in [0.5, 0.6) is 11.5 Å². The smallest absolute Gasteiger partial charge is 0.179 e. The second-order valence-corrected chi connectivity index (χ2v) is 7.09. The maximum Gasteiger partial charge on any atom is 0.179 e. The number of hydrogen-bond acceptors (Lipinski definition) is 4. The number of benzene rings is 2. The molecule has 0 aliphatic carbocycles. The average Bonchev–Trinajstić information content (AvgIpc) is 2.94. The SMILES string of the molecule is Cn1c(CNCCc2cc(Cl)c3c(c2)OCCO3)nc2ccc(Cl)cc21. The van der Waals surface area contributed by atoms with E-state index in [-0.39, 0.29) is 0 Å². The lowest BCUT2D eigenvalue weighted by atomic mass is 10.1. The first-order valence-electron chi connectivity index (χ1n) is 8.51. The largest absolute Gasteiger partial charge is 0.486 e. The maximum atomic E-state index is 6.29. The Bertz CT molecular complexity index is 956. The van der Waals surface area contributed by atoms with Crippen molar-refractivity contribution in [2.45, 2.75) is 13.0 Å². The Kier molecular flexibility index (Phi) is 4.94. The van der Waals surface area contributed by atoms with E-state index in [1.165, 1.54) is 0 Å². The van der Waals surface area contributed by atoms with Crippen LogP contribution in [0.25, 0.3) is 11.0 Å². The van der Waals surface area contributed by atoms with Crippen LogP contribution >= 0.6 is 23.2 Å². The normalized spacial score (nSPS) is 13.3. The van der Waals surface area contributed by atoms with Crippen LogP contribution in [0.2, 0.25) is 10.0 Å². The van der Waals surface area contributed by atoms with Crippen LogP contribution in [0.15, 0.2) is 30.3 Å². The van der Waals surface area contributed by atoms with Gasteiger partial charge in [-0.1, -0.05) is 23.2 Å². The molecule has 26 heavy (non-hydrogen) atoms. The molecule has 0 spiro atoms. The van der Waals surface area contributed by atoms with Gasteiger partial charge in [0, 0.05) is 12.1 Å². The van der Waals surface area contributed by atoms with E-state index in [0.717, 1.165) is 46.2 Å². The highest BCUT2D eigenvalue weighted by atomic mass is 35.5. The topological polar surface area (TPSA) is 48.3 Å². The first-order chi connectivity index (χ1) is 12.6. The molecule has 7 heteroatoms. The number of aromatic nitrogens is 2. The van der Waals surface area contributed by atoms with Crippen LogP contribution in [0, 0.1) is 0 Å². The third-order valence-corrected chi connectivity index (χ3v) is 4.98. The fourth-order valence-corrected chi connectivity index (χ4v) is 3.57. The van der Waals surface area contributed by atoms with Gasteiger partial charge < -0.3 is 19.4 Å². The van der Waals surface area contributed by atoms with Gasteiger partial charge >= 0.3 is 0 Å². The van der Waals surface area contributed by atoms with E-state index in [2.05, 4.69) is 14.9 Å². The number of nitrogens with zero attached hydrogens (tertiary/aromatic N) is 2. The molecular weight excluding hydrogens is 373 g/mol. The molecule has 0 saturated heterocycles. The molecule has 0 unspecified atom stereocenters. The fourth-order valence-electron chi connectivity index (χ4n) is 3.11. The number of rotatable bonds is 5. The van der Waals surface area contributed by atoms with Crippen LogP contribution in [0.4, 0.5) is 0 Å². The van der Waals surface area contributed by atoms with Crippen molar-refractivity contribution >= 4 is 34.2 Å². The van der Waals surface area contributed by atoms with Crippen LogP contribution in [-0.2, 0) is 20.0 Å². The molecule has 2 heterocycles. The highest BCUT2D eigenvalue weighted by Gasteiger charge is 2.16. The van der Waals surface area contributed by atoms with Crippen molar-refractivity contribution in [2.75, 3.05) is 19.8 Å². The number of ether oxygens (including phenoxy) is 2. The lowest BCUT2D eigenvalue weighted by molar-refractivity contribution is 0.171. The van der Waals surface area contributed by atoms with Gasteiger partial charge in [-0.05, 0) is 48.9 Å². The van der Waals surface area contributed by atoms with Crippen molar-refractivity contribution in [2.24, 2.45) is 7.05 Å². The van der Waals surface area contributed by atoms with Crippen molar-refractivity contribution in [3.63, 3.8) is 0 Å². The van der Waals surface area contributed by atoms with Gasteiger partial charge in [0.05, 0.1) is 22.6 Å². The number of halogens is 2. The Morgan fingerprint density at radius 1 is 1.15 bits per heavy atom. The van der Waals surface area contributed by atoms with Crippen molar-refractivity contribution in [3.8, 4) is 11.5 Å². The summed E-state index contributed by atoms with van der Waals surface area (Å²) in [6, 6.07) is 9.68. The van der Waals surface area contributed by atoms with Crippen LogP contribution in [-0.4, -0.2) is 29.3 Å². The molecule has 136 valence electrons. The van der Waals surface area contributed by atoms with E-state index < -0.39 is 0 Å². The van der Waals surface area contributed by atoms with Gasteiger partial charge in [0.1, 0.15) is 19.0 Å². The van der Waals surface area contributed by atoms with E-state index in [4.69, 9.17) is 32.7 Å². The molecule has 2 aromatic carbocycles. The summed E-state index contributed by atoms with van der Waals surface area (Å²) in [5, 5.41) is 4.75. The molecule has 1 aliphatic heterocycles.